The lowest BCUT2D eigenvalue weighted by Gasteiger charge is -2.18. The predicted octanol–water partition coefficient (Wildman–Crippen LogP) is 3.32. The van der Waals surface area contributed by atoms with Gasteiger partial charge < -0.3 is 9.47 Å². The SMILES string of the molecule is COC(=O)c1cc(Cl)cc2c1O[C@H]1C=CCC[C@@H]21. The zero-order chi connectivity index (χ0) is 12.7. The first-order valence-electron chi connectivity index (χ1n) is 5.96. The van der Waals surface area contributed by atoms with Crippen molar-refractivity contribution < 1.29 is 14.3 Å². The Morgan fingerprint density at radius 3 is 3.11 bits per heavy atom. The molecule has 0 radical (unpaired) electrons. The highest BCUT2D eigenvalue weighted by molar-refractivity contribution is 6.31. The molecule has 1 aliphatic carbocycles. The molecule has 0 saturated heterocycles. The fraction of sp³-hybridized carbons (Fsp3) is 0.357. The molecule has 0 bridgehead atoms. The van der Waals surface area contributed by atoms with E-state index in [9.17, 15) is 4.79 Å². The van der Waals surface area contributed by atoms with Crippen LogP contribution >= 0.6 is 11.6 Å². The number of esters is 1. The molecular weight excluding hydrogens is 252 g/mol. The van der Waals surface area contributed by atoms with Crippen LogP contribution in [0.3, 0.4) is 0 Å². The van der Waals surface area contributed by atoms with Crippen LogP contribution in [0.25, 0.3) is 0 Å². The molecule has 94 valence electrons. The van der Waals surface area contributed by atoms with Crippen molar-refractivity contribution in [1.82, 2.24) is 0 Å². The predicted molar refractivity (Wildman–Crippen MR) is 68.3 cm³/mol. The van der Waals surface area contributed by atoms with Crippen LogP contribution in [0.4, 0.5) is 0 Å². The van der Waals surface area contributed by atoms with E-state index in [1.54, 1.807) is 6.07 Å². The molecule has 3 nitrogen and oxygen atoms in total. The maximum Gasteiger partial charge on any atom is 0.341 e. The van der Waals surface area contributed by atoms with Gasteiger partial charge in [-0.15, -0.1) is 0 Å². The molecule has 2 atom stereocenters. The van der Waals surface area contributed by atoms with Crippen molar-refractivity contribution in [3.05, 3.63) is 40.4 Å². The Morgan fingerprint density at radius 2 is 2.33 bits per heavy atom. The van der Waals surface area contributed by atoms with Gasteiger partial charge in [0.2, 0.25) is 0 Å². The van der Waals surface area contributed by atoms with E-state index >= 15 is 0 Å². The maximum atomic E-state index is 11.8. The number of halogens is 1. The molecule has 1 aromatic carbocycles. The molecule has 1 aliphatic heterocycles. The van der Waals surface area contributed by atoms with E-state index in [0.29, 0.717) is 22.3 Å². The monoisotopic (exact) mass is 264 g/mol. The summed E-state index contributed by atoms with van der Waals surface area (Å²) in [6.45, 7) is 0. The fourth-order valence-corrected chi connectivity index (χ4v) is 2.90. The average molecular weight is 265 g/mol. The third-order valence-corrected chi connectivity index (χ3v) is 3.73. The van der Waals surface area contributed by atoms with Gasteiger partial charge in [-0.25, -0.2) is 4.79 Å². The van der Waals surface area contributed by atoms with Gasteiger partial charge in [0.25, 0.3) is 0 Å². The molecule has 0 amide bonds. The number of allylic oxidation sites excluding steroid dienone is 1. The van der Waals surface area contributed by atoms with Gasteiger partial charge >= 0.3 is 5.97 Å². The van der Waals surface area contributed by atoms with Crippen molar-refractivity contribution in [2.24, 2.45) is 0 Å². The van der Waals surface area contributed by atoms with Crippen molar-refractivity contribution in [1.29, 1.82) is 0 Å². The van der Waals surface area contributed by atoms with Gasteiger partial charge in [-0.2, -0.15) is 0 Å². The summed E-state index contributed by atoms with van der Waals surface area (Å²) in [7, 11) is 1.36. The van der Waals surface area contributed by atoms with E-state index in [1.165, 1.54) is 7.11 Å². The second kappa shape index (κ2) is 4.32. The first kappa shape index (κ1) is 11.6. The molecule has 1 aromatic rings. The number of hydrogen-bond donors (Lipinski definition) is 0. The number of rotatable bonds is 1. The zero-order valence-corrected chi connectivity index (χ0v) is 10.7. The topological polar surface area (TPSA) is 35.5 Å². The molecule has 18 heavy (non-hydrogen) atoms. The Morgan fingerprint density at radius 1 is 1.50 bits per heavy atom. The number of carbonyl (C=O) groups excluding carboxylic acids is 1. The highest BCUT2D eigenvalue weighted by atomic mass is 35.5. The minimum absolute atomic E-state index is 0.0237. The molecule has 1 heterocycles. The first-order chi connectivity index (χ1) is 8.70. The van der Waals surface area contributed by atoms with Gasteiger partial charge in [-0.3, -0.25) is 0 Å². The maximum absolute atomic E-state index is 11.8. The number of benzene rings is 1. The summed E-state index contributed by atoms with van der Waals surface area (Å²) < 4.78 is 10.6. The molecule has 0 N–H and O–H groups in total. The summed E-state index contributed by atoms with van der Waals surface area (Å²) >= 11 is 6.08. The lowest BCUT2D eigenvalue weighted by atomic mass is 9.87. The van der Waals surface area contributed by atoms with Crippen LogP contribution < -0.4 is 4.74 Å². The van der Waals surface area contributed by atoms with Gasteiger partial charge in [-0.1, -0.05) is 17.7 Å². The standard InChI is InChI=1S/C14H13ClO3/c1-17-14(16)11-7-8(15)6-10-9-4-2-3-5-12(9)18-13(10)11/h3,5-7,9,12H,2,4H2,1H3/t9-,12-/m0/s1. The normalized spacial score (nSPS) is 24.1. The summed E-state index contributed by atoms with van der Waals surface area (Å²) in [6, 6.07) is 3.50. The lowest BCUT2D eigenvalue weighted by molar-refractivity contribution is 0.0595. The lowest BCUT2D eigenvalue weighted by Crippen LogP contribution is -2.18. The van der Waals surface area contributed by atoms with Crippen molar-refractivity contribution in [3.8, 4) is 5.75 Å². The number of carbonyl (C=O) groups is 1. The summed E-state index contributed by atoms with van der Waals surface area (Å²) in [5.41, 5.74) is 1.44. The van der Waals surface area contributed by atoms with Crippen LogP contribution in [-0.2, 0) is 4.74 Å². The highest BCUT2D eigenvalue weighted by Crippen LogP contribution is 2.46. The largest absolute Gasteiger partial charge is 0.485 e. The van der Waals surface area contributed by atoms with E-state index < -0.39 is 5.97 Å². The number of hydrogen-bond acceptors (Lipinski definition) is 3. The molecule has 0 aromatic heterocycles. The van der Waals surface area contributed by atoms with E-state index in [1.807, 2.05) is 6.07 Å². The fourth-order valence-electron chi connectivity index (χ4n) is 2.68. The quantitative estimate of drug-likeness (QED) is 0.577. The van der Waals surface area contributed by atoms with Crippen LogP contribution in [0.15, 0.2) is 24.3 Å². The third-order valence-electron chi connectivity index (χ3n) is 3.51. The van der Waals surface area contributed by atoms with Gasteiger partial charge in [0, 0.05) is 16.5 Å². The first-order valence-corrected chi connectivity index (χ1v) is 6.33. The van der Waals surface area contributed by atoms with E-state index in [-0.39, 0.29) is 6.10 Å². The average Bonchev–Trinajstić information content (AvgIpc) is 2.75. The number of ether oxygens (including phenoxy) is 2. The Balaban J connectivity index is 2.12. The highest BCUT2D eigenvalue weighted by Gasteiger charge is 2.37. The van der Waals surface area contributed by atoms with Gasteiger partial charge in [0.15, 0.2) is 0 Å². The molecule has 4 heteroatoms. The van der Waals surface area contributed by atoms with Crippen molar-refractivity contribution in [2.45, 2.75) is 24.9 Å². The van der Waals surface area contributed by atoms with E-state index in [0.717, 1.165) is 18.4 Å². The zero-order valence-electron chi connectivity index (χ0n) is 9.98. The van der Waals surface area contributed by atoms with E-state index in [2.05, 4.69) is 12.2 Å². The summed E-state index contributed by atoms with van der Waals surface area (Å²) in [5.74, 6) is 0.524. The second-order valence-electron chi connectivity index (χ2n) is 4.56. The van der Waals surface area contributed by atoms with Crippen LogP contribution in [0.2, 0.25) is 5.02 Å². The van der Waals surface area contributed by atoms with Gasteiger partial charge in [0.05, 0.1) is 7.11 Å². The molecule has 2 aliphatic rings. The third kappa shape index (κ3) is 1.70. The summed E-state index contributed by atoms with van der Waals surface area (Å²) in [5, 5.41) is 0.549. The van der Waals surface area contributed by atoms with Crippen LogP contribution in [0, 0.1) is 0 Å². The summed E-state index contributed by atoms with van der Waals surface area (Å²) in [6.07, 6.45) is 6.25. The molecule has 0 spiro atoms. The number of methoxy groups -OCH3 is 1. The summed E-state index contributed by atoms with van der Waals surface area (Å²) in [4.78, 5) is 11.8. The second-order valence-corrected chi connectivity index (χ2v) is 4.99. The Kier molecular flexibility index (Phi) is 2.78. The van der Waals surface area contributed by atoms with Gasteiger partial charge in [-0.05, 0) is 31.1 Å². The Bertz CT molecular complexity index is 536. The van der Waals surface area contributed by atoms with E-state index in [4.69, 9.17) is 21.1 Å². The molecule has 0 saturated carbocycles. The Labute approximate surface area is 110 Å². The number of fused-ring (bicyclic) bond motifs is 3. The molecule has 0 fully saturated rings. The molecule has 0 unspecified atom stereocenters. The molecular formula is C14H13ClO3. The van der Waals surface area contributed by atoms with Crippen LogP contribution in [0.1, 0.15) is 34.7 Å². The minimum atomic E-state index is -0.406. The smallest absolute Gasteiger partial charge is 0.341 e. The Hall–Kier alpha value is -1.48. The van der Waals surface area contributed by atoms with Gasteiger partial charge in [0.1, 0.15) is 17.4 Å². The van der Waals surface area contributed by atoms with Crippen molar-refractivity contribution in [2.75, 3.05) is 7.11 Å². The van der Waals surface area contributed by atoms with Crippen LogP contribution in [0.5, 0.6) is 5.75 Å². The molecule has 3 rings (SSSR count). The van der Waals surface area contributed by atoms with Crippen LogP contribution in [-0.4, -0.2) is 19.2 Å². The van der Waals surface area contributed by atoms with Crippen molar-refractivity contribution in [3.63, 3.8) is 0 Å². The van der Waals surface area contributed by atoms with Crippen molar-refractivity contribution >= 4 is 17.6 Å². The minimum Gasteiger partial charge on any atom is -0.485 e.